The maximum absolute atomic E-state index is 12.7. The predicted octanol–water partition coefficient (Wildman–Crippen LogP) is 3.09. The minimum Gasteiger partial charge on any atom is -0.496 e. The van der Waals surface area contributed by atoms with Crippen LogP contribution in [0.1, 0.15) is 11.1 Å². The van der Waals surface area contributed by atoms with Crippen molar-refractivity contribution in [3.05, 3.63) is 77.9 Å². The molecule has 0 unspecified atom stereocenters. The number of carbonyl (C=O) groups is 2. The van der Waals surface area contributed by atoms with E-state index in [0.717, 1.165) is 11.3 Å². The van der Waals surface area contributed by atoms with Gasteiger partial charge in [0.2, 0.25) is 0 Å². The van der Waals surface area contributed by atoms with E-state index in [4.69, 9.17) is 21.7 Å². The molecule has 0 atom stereocenters. The molecular formula is C22H20N2O4S. The standard InChI is InChI=1S/C22H20N2O4S/c1-3-11-24-21(26)18(20(25)23-22(24)29)13-15-9-10-19(27-2)16(12-15)14-28-17-7-5-4-6-8-17/h3-10,12-13H,1,11,14H2,2H3,(H,23,25,29). The molecule has 2 amide bonds. The van der Waals surface area contributed by atoms with Crippen molar-refractivity contribution >= 4 is 35.2 Å². The second-order valence-corrected chi connectivity index (χ2v) is 6.58. The van der Waals surface area contributed by atoms with Crippen LogP contribution >= 0.6 is 12.2 Å². The smallest absolute Gasteiger partial charge is 0.265 e. The lowest BCUT2D eigenvalue weighted by Crippen LogP contribution is -2.53. The van der Waals surface area contributed by atoms with Gasteiger partial charge in [-0.15, -0.1) is 6.58 Å². The topological polar surface area (TPSA) is 67.9 Å². The Hall–Kier alpha value is -3.45. The zero-order valence-corrected chi connectivity index (χ0v) is 16.7. The van der Waals surface area contributed by atoms with Crippen molar-refractivity contribution in [2.75, 3.05) is 13.7 Å². The Morgan fingerprint density at radius 3 is 2.62 bits per heavy atom. The highest BCUT2D eigenvalue weighted by atomic mass is 32.1. The third-order valence-corrected chi connectivity index (χ3v) is 4.57. The number of amides is 2. The van der Waals surface area contributed by atoms with Crippen molar-refractivity contribution < 1.29 is 19.1 Å². The molecule has 148 valence electrons. The molecule has 6 nitrogen and oxygen atoms in total. The zero-order valence-electron chi connectivity index (χ0n) is 15.9. The number of thiocarbonyl (C=S) groups is 1. The average molecular weight is 408 g/mol. The number of ether oxygens (including phenoxy) is 2. The molecule has 1 fully saturated rings. The van der Waals surface area contributed by atoms with Crippen LogP contribution in [0, 0.1) is 0 Å². The molecule has 0 saturated carbocycles. The first-order chi connectivity index (χ1) is 14.0. The van der Waals surface area contributed by atoms with E-state index >= 15 is 0 Å². The van der Waals surface area contributed by atoms with Crippen LogP contribution in [0.25, 0.3) is 6.08 Å². The SMILES string of the molecule is C=CCN1C(=O)C(=Cc2ccc(OC)c(COc3ccccc3)c2)C(=O)NC1=S. The van der Waals surface area contributed by atoms with Crippen LogP contribution in [0.2, 0.25) is 0 Å². The van der Waals surface area contributed by atoms with Crippen molar-refractivity contribution in [1.29, 1.82) is 0 Å². The van der Waals surface area contributed by atoms with Gasteiger partial charge in [-0.1, -0.05) is 30.3 Å². The zero-order chi connectivity index (χ0) is 20.8. The molecule has 1 aliphatic rings. The summed E-state index contributed by atoms with van der Waals surface area (Å²) in [6.45, 7) is 4.11. The second kappa shape index (κ2) is 9.16. The lowest BCUT2D eigenvalue weighted by molar-refractivity contribution is -0.128. The van der Waals surface area contributed by atoms with E-state index in [1.54, 1.807) is 25.3 Å². The first-order valence-corrected chi connectivity index (χ1v) is 9.29. The first-order valence-electron chi connectivity index (χ1n) is 8.88. The molecule has 0 radical (unpaired) electrons. The van der Waals surface area contributed by atoms with E-state index in [0.29, 0.717) is 11.3 Å². The number of para-hydroxylation sites is 1. The summed E-state index contributed by atoms with van der Waals surface area (Å²) in [6, 6.07) is 14.8. The summed E-state index contributed by atoms with van der Waals surface area (Å²) in [4.78, 5) is 26.3. The quantitative estimate of drug-likeness (QED) is 0.330. The third-order valence-electron chi connectivity index (χ3n) is 4.25. The van der Waals surface area contributed by atoms with Gasteiger partial charge in [-0.05, 0) is 48.1 Å². The highest BCUT2D eigenvalue weighted by Crippen LogP contribution is 2.24. The Morgan fingerprint density at radius 2 is 1.93 bits per heavy atom. The molecule has 1 N–H and O–H groups in total. The fourth-order valence-electron chi connectivity index (χ4n) is 2.83. The van der Waals surface area contributed by atoms with Gasteiger partial charge in [0.1, 0.15) is 23.7 Å². The van der Waals surface area contributed by atoms with E-state index < -0.39 is 11.8 Å². The summed E-state index contributed by atoms with van der Waals surface area (Å²) in [5.74, 6) is 0.389. The van der Waals surface area contributed by atoms with Crippen LogP contribution in [-0.4, -0.2) is 35.5 Å². The molecular weight excluding hydrogens is 388 g/mol. The third kappa shape index (κ3) is 4.70. The number of nitrogens with zero attached hydrogens (tertiary/aromatic N) is 1. The van der Waals surface area contributed by atoms with Crippen molar-refractivity contribution in [2.45, 2.75) is 6.61 Å². The van der Waals surface area contributed by atoms with Gasteiger partial charge >= 0.3 is 0 Å². The van der Waals surface area contributed by atoms with Gasteiger partial charge in [0.25, 0.3) is 11.8 Å². The number of hydrogen-bond donors (Lipinski definition) is 1. The normalized spacial score (nSPS) is 15.3. The molecule has 0 bridgehead atoms. The molecule has 29 heavy (non-hydrogen) atoms. The average Bonchev–Trinajstić information content (AvgIpc) is 2.73. The minimum atomic E-state index is -0.529. The molecule has 0 spiro atoms. The van der Waals surface area contributed by atoms with Gasteiger partial charge in [-0.2, -0.15) is 0 Å². The van der Waals surface area contributed by atoms with Crippen molar-refractivity contribution in [3.8, 4) is 11.5 Å². The Bertz CT molecular complexity index is 986. The number of nitrogens with one attached hydrogen (secondary N) is 1. The van der Waals surface area contributed by atoms with Gasteiger partial charge in [0, 0.05) is 12.1 Å². The van der Waals surface area contributed by atoms with Gasteiger partial charge in [-0.3, -0.25) is 19.8 Å². The maximum Gasteiger partial charge on any atom is 0.265 e. The molecule has 0 aromatic heterocycles. The van der Waals surface area contributed by atoms with E-state index in [1.165, 1.54) is 11.0 Å². The second-order valence-electron chi connectivity index (χ2n) is 6.19. The molecule has 7 heteroatoms. The largest absolute Gasteiger partial charge is 0.496 e. The van der Waals surface area contributed by atoms with Crippen molar-refractivity contribution in [3.63, 3.8) is 0 Å². The van der Waals surface area contributed by atoms with E-state index in [1.807, 2.05) is 36.4 Å². The first kappa shape index (κ1) is 20.3. The molecule has 3 rings (SSSR count). The highest BCUT2D eigenvalue weighted by molar-refractivity contribution is 7.80. The summed E-state index contributed by atoms with van der Waals surface area (Å²) >= 11 is 5.06. The predicted molar refractivity (Wildman–Crippen MR) is 114 cm³/mol. The van der Waals surface area contributed by atoms with Crippen molar-refractivity contribution in [1.82, 2.24) is 10.2 Å². The van der Waals surface area contributed by atoms with E-state index in [2.05, 4.69) is 11.9 Å². The fourth-order valence-corrected chi connectivity index (χ4v) is 3.08. The highest BCUT2D eigenvalue weighted by Gasteiger charge is 2.32. The minimum absolute atomic E-state index is 0.000504. The molecule has 1 heterocycles. The molecule has 1 aliphatic heterocycles. The van der Waals surface area contributed by atoms with Gasteiger partial charge in [0.05, 0.1) is 7.11 Å². The lowest BCUT2D eigenvalue weighted by atomic mass is 10.0. The summed E-state index contributed by atoms with van der Waals surface area (Å²) in [5, 5.41) is 2.60. The van der Waals surface area contributed by atoms with Crippen LogP contribution in [0.5, 0.6) is 11.5 Å². The summed E-state index contributed by atoms with van der Waals surface area (Å²) < 4.78 is 11.2. The lowest BCUT2D eigenvalue weighted by Gasteiger charge is -2.27. The number of rotatable bonds is 7. The van der Waals surface area contributed by atoms with E-state index in [9.17, 15) is 9.59 Å². The molecule has 0 aliphatic carbocycles. The molecule has 1 saturated heterocycles. The van der Waals surface area contributed by atoms with Crippen LogP contribution in [0.15, 0.2) is 66.8 Å². The van der Waals surface area contributed by atoms with Crippen LogP contribution < -0.4 is 14.8 Å². The fraction of sp³-hybridized carbons (Fsp3) is 0.136. The monoisotopic (exact) mass is 408 g/mol. The number of carbonyl (C=O) groups excluding carboxylic acids is 2. The van der Waals surface area contributed by atoms with Gasteiger partial charge in [-0.25, -0.2) is 0 Å². The summed E-state index contributed by atoms with van der Waals surface area (Å²) in [5.41, 5.74) is 1.45. The molecule has 2 aromatic carbocycles. The number of benzene rings is 2. The van der Waals surface area contributed by atoms with Gasteiger partial charge in [0.15, 0.2) is 5.11 Å². The van der Waals surface area contributed by atoms with Crippen molar-refractivity contribution in [2.24, 2.45) is 0 Å². The van der Waals surface area contributed by atoms with Crippen LogP contribution in [0.4, 0.5) is 0 Å². The Labute approximate surface area is 174 Å². The summed E-state index contributed by atoms with van der Waals surface area (Å²) in [6.07, 6.45) is 3.08. The Balaban J connectivity index is 1.88. The van der Waals surface area contributed by atoms with Crippen LogP contribution in [-0.2, 0) is 16.2 Å². The number of methoxy groups -OCH3 is 1. The number of hydrogen-bond acceptors (Lipinski definition) is 5. The Morgan fingerprint density at radius 1 is 1.17 bits per heavy atom. The van der Waals surface area contributed by atoms with Crippen LogP contribution in [0.3, 0.4) is 0 Å². The molecule has 2 aromatic rings. The maximum atomic E-state index is 12.7. The van der Waals surface area contributed by atoms with E-state index in [-0.39, 0.29) is 23.8 Å². The summed E-state index contributed by atoms with van der Waals surface area (Å²) in [7, 11) is 1.58. The van der Waals surface area contributed by atoms with Gasteiger partial charge < -0.3 is 9.47 Å². The Kier molecular flexibility index (Phi) is 6.41.